The Hall–Kier alpha value is -4.07. The van der Waals surface area contributed by atoms with E-state index in [9.17, 15) is 4.79 Å². The van der Waals surface area contributed by atoms with Crippen LogP contribution < -0.4 is 14.8 Å². The number of hydrogen-bond acceptors (Lipinski definition) is 7. The number of fused-ring (bicyclic) bond motifs is 1. The Morgan fingerprint density at radius 2 is 1.74 bits per heavy atom. The third-order valence-corrected chi connectivity index (χ3v) is 5.66. The number of ether oxygens (including phenoxy) is 3. The molecule has 2 heterocycles. The van der Waals surface area contributed by atoms with Crippen LogP contribution in [0.3, 0.4) is 0 Å². The Labute approximate surface area is 198 Å². The maximum atomic E-state index is 12.0. The van der Waals surface area contributed by atoms with Gasteiger partial charge in [-0.25, -0.2) is 9.97 Å². The van der Waals surface area contributed by atoms with Crippen LogP contribution in [0.25, 0.3) is 16.9 Å². The zero-order chi connectivity index (χ0) is 24.3. The highest BCUT2D eigenvalue weighted by Crippen LogP contribution is 2.33. The summed E-state index contributed by atoms with van der Waals surface area (Å²) in [5, 5.41) is 3.38. The van der Waals surface area contributed by atoms with Crippen LogP contribution in [-0.4, -0.2) is 41.7 Å². The van der Waals surface area contributed by atoms with Crippen molar-refractivity contribution in [2.75, 3.05) is 26.6 Å². The zero-order valence-electron chi connectivity index (χ0n) is 20.0. The molecule has 0 saturated carbocycles. The number of carbonyl (C=O) groups excluding carboxylic acids is 1. The first-order valence-electron chi connectivity index (χ1n) is 10.9. The number of esters is 1. The lowest BCUT2D eigenvalue weighted by Crippen LogP contribution is -2.27. The van der Waals surface area contributed by atoms with E-state index in [1.165, 1.54) is 7.11 Å². The third kappa shape index (κ3) is 4.66. The van der Waals surface area contributed by atoms with Crippen LogP contribution in [0.1, 0.15) is 19.4 Å². The van der Waals surface area contributed by atoms with Gasteiger partial charge in [-0.1, -0.05) is 12.1 Å². The fourth-order valence-electron chi connectivity index (χ4n) is 3.85. The summed E-state index contributed by atoms with van der Waals surface area (Å²) in [4.78, 5) is 21.3. The average molecular weight is 461 g/mol. The number of hydrogen-bond donors (Lipinski definition) is 1. The first-order valence-corrected chi connectivity index (χ1v) is 10.9. The van der Waals surface area contributed by atoms with E-state index in [1.54, 1.807) is 20.4 Å². The van der Waals surface area contributed by atoms with Gasteiger partial charge in [-0.05, 0) is 56.2 Å². The van der Waals surface area contributed by atoms with Gasteiger partial charge in [0.1, 0.15) is 5.65 Å². The van der Waals surface area contributed by atoms with Crippen LogP contribution in [0, 0.1) is 5.41 Å². The molecule has 0 fully saturated rings. The number of benzene rings is 2. The number of anilines is 2. The molecule has 0 spiro atoms. The second kappa shape index (κ2) is 9.43. The number of nitrogens with zero attached hydrogens (tertiary/aromatic N) is 3. The first kappa shape index (κ1) is 23.1. The molecule has 0 aliphatic carbocycles. The molecule has 0 atom stereocenters. The van der Waals surface area contributed by atoms with Gasteiger partial charge in [0.15, 0.2) is 11.5 Å². The normalized spacial score (nSPS) is 11.3. The number of imidazole rings is 1. The molecule has 2 aromatic carbocycles. The van der Waals surface area contributed by atoms with E-state index >= 15 is 0 Å². The van der Waals surface area contributed by atoms with Crippen LogP contribution in [-0.2, 0) is 16.0 Å². The van der Waals surface area contributed by atoms with E-state index in [1.807, 2.05) is 73.0 Å². The first-order chi connectivity index (χ1) is 16.3. The summed E-state index contributed by atoms with van der Waals surface area (Å²) in [6.07, 6.45) is 4.17. The van der Waals surface area contributed by atoms with Crippen molar-refractivity contribution in [3.05, 3.63) is 66.5 Å². The van der Waals surface area contributed by atoms with Gasteiger partial charge in [0.2, 0.25) is 5.95 Å². The van der Waals surface area contributed by atoms with Gasteiger partial charge in [0.25, 0.3) is 0 Å². The van der Waals surface area contributed by atoms with Crippen molar-refractivity contribution in [2.45, 2.75) is 20.3 Å². The quantitative estimate of drug-likeness (QED) is 0.374. The summed E-state index contributed by atoms with van der Waals surface area (Å²) in [6.45, 7) is 3.76. The molecule has 2 aromatic heterocycles. The van der Waals surface area contributed by atoms with Gasteiger partial charge in [0, 0.05) is 29.7 Å². The topological polar surface area (TPSA) is 87.0 Å². The summed E-state index contributed by atoms with van der Waals surface area (Å²) < 4.78 is 17.6. The summed E-state index contributed by atoms with van der Waals surface area (Å²) in [5.74, 6) is 1.68. The minimum atomic E-state index is -0.595. The van der Waals surface area contributed by atoms with E-state index in [0.29, 0.717) is 23.9 Å². The molecule has 4 aromatic rings. The van der Waals surface area contributed by atoms with Crippen molar-refractivity contribution in [2.24, 2.45) is 5.41 Å². The molecule has 0 aliphatic rings. The van der Waals surface area contributed by atoms with Crippen molar-refractivity contribution in [3.63, 3.8) is 0 Å². The standard InChI is InChI=1S/C26H28N4O4/c1-26(2,24(31)34-5)16-17-6-9-19(10-7-17)28-25-29-20(15-23-27-12-13-30(23)25)18-8-11-21(32-3)22(14-18)33-4/h6-15H,16H2,1-5H3,(H,28,29). The van der Waals surface area contributed by atoms with Crippen LogP contribution in [0.5, 0.6) is 11.5 Å². The molecule has 0 radical (unpaired) electrons. The maximum Gasteiger partial charge on any atom is 0.311 e. The maximum absolute atomic E-state index is 12.0. The molecule has 8 heteroatoms. The Balaban J connectivity index is 1.63. The van der Waals surface area contributed by atoms with Gasteiger partial charge in [-0.3, -0.25) is 9.20 Å². The average Bonchev–Trinajstić information content (AvgIpc) is 3.33. The molecule has 34 heavy (non-hydrogen) atoms. The van der Waals surface area contributed by atoms with E-state index in [4.69, 9.17) is 19.2 Å². The van der Waals surface area contributed by atoms with Crippen molar-refractivity contribution in [1.82, 2.24) is 14.4 Å². The van der Waals surface area contributed by atoms with E-state index in [0.717, 1.165) is 28.2 Å². The van der Waals surface area contributed by atoms with Gasteiger partial charge < -0.3 is 19.5 Å². The number of carbonyl (C=O) groups is 1. The molecule has 1 N–H and O–H groups in total. The van der Waals surface area contributed by atoms with Gasteiger partial charge in [-0.2, -0.15) is 0 Å². The zero-order valence-corrected chi connectivity index (χ0v) is 20.0. The molecule has 4 rings (SSSR count). The lowest BCUT2D eigenvalue weighted by molar-refractivity contribution is -0.150. The highest BCUT2D eigenvalue weighted by Gasteiger charge is 2.28. The monoisotopic (exact) mass is 460 g/mol. The summed E-state index contributed by atoms with van der Waals surface area (Å²) in [6, 6.07) is 15.5. The van der Waals surface area contributed by atoms with Crippen LogP contribution >= 0.6 is 0 Å². The molecule has 0 amide bonds. The summed E-state index contributed by atoms with van der Waals surface area (Å²) in [7, 11) is 4.63. The molecule has 0 bridgehead atoms. The highest BCUT2D eigenvalue weighted by atomic mass is 16.5. The molecule has 0 aliphatic heterocycles. The Morgan fingerprint density at radius 1 is 1.00 bits per heavy atom. The minimum absolute atomic E-state index is 0.228. The number of methoxy groups -OCH3 is 3. The Kier molecular flexibility index (Phi) is 6.40. The predicted molar refractivity (Wildman–Crippen MR) is 131 cm³/mol. The van der Waals surface area contributed by atoms with Crippen molar-refractivity contribution in [3.8, 4) is 22.8 Å². The molecular weight excluding hydrogens is 432 g/mol. The highest BCUT2D eigenvalue weighted by molar-refractivity contribution is 5.76. The fourth-order valence-corrected chi connectivity index (χ4v) is 3.85. The van der Waals surface area contributed by atoms with Crippen LogP contribution in [0.4, 0.5) is 11.6 Å². The second-order valence-electron chi connectivity index (χ2n) is 8.56. The fraction of sp³-hybridized carbons (Fsp3) is 0.269. The third-order valence-electron chi connectivity index (χ3n) is 5.66. The van der Waals surface area contributed by atoms with Gasteiger partial charge in [-0.15, -0.1) is 0 Å². The Bertz CT molecular complexity index is 1310. The molecule has 8 nitrogen and oxygen atoms in total. The molecular formula is C26H28N4O4. The van der Waals surface area contributed by atoms with E-state index < -0.39 is 5.41 Å². The van der Waals surface area contributed by atoms with Crippen LogP contribution in [0.2, 0.25) is 0 Å². The number of rotatable bonds is 8. The van der Waals surface area contributed by atoms with E-state index in [-0.39, 0.29) is 5.97 Å². The largest absolute Gasteiger partial charge is 0.493 e. The number of nitrogens with one attached hydrogen (secondary N) is 1. The van der Waals surface area contributed by atoms with Crippen molar-refractivity contribution < 1.29 is 19.0 Å². The molecule has 176 valence electrons. The molecule has 0 saturated heterocycles. The SMILES string of the molecule is COC(=O)C(C)(C)Cc1ccc(Nc2nc(-c3ccc(OC)c(OC)c3)cc3nccn23)cc1. The predicted octanol–water partition coefficient (Wildman–Crippen LogP) is 4.90. The Morgan fingerprint density at radius 3 is 2.41 bits per heavy atom. The number of aromatic nitrogens is 3. The second-order valence-corrected chi connectivity index (χ2v) is 8.56. The van der Waals surface area contributed by atoms with Crippen LogP contribution in [0.15, 0.2) is 60.9 Å². The minimum Gasteiger partial charge on any atom is -0.493 e. The molecule has 0 unspecified atom stereocenters. The van der Waals surface area contributed by atoms with Gasteiger partial charge >= 0.3 is 5.97 Å². The van der Waals surface area contributed by atoms with Crippen molar-refractivity contribution >= 4 is 23.3 Å². The summed E-state index contributed by atoms with van der Waals surface area (Å²) in [5.41, 5.74) is 3.71. The lowest BCUT2D eigenvalue weighted by Gasteiger charge is -2.21. The van der Waals surface area contributed by atoms with E-state index in [2.05, 4.69) is 10.3 Å². The van der Waals surface area contributed by atoms with Crippen molar-refractivity contribution in [1.29, 1.82) is 0 Å². The summed E-state index contributed by atoms with van der Waals surface area (Å²) >= 11 is 0. The van der Waals surface area contributed by atoms with Gasteiger partial charge in [0.05, 0.1) is 32.4 Å². The smallest absolute Gasteiger partial charge is 0.311 e. The lowest BCUT2D eigenvalue weighted by atomic mass is 9.86.